The summed E-state index contributed by atoms with van der Waals surface area (Å²) in [5.74, 6) is 0. The van der Waals surface area contributed by atoms with Crippen LogP contribution in [-0.2, 0) is 0 Å². The second-order valence-electron chi connectivity index (χ2n) is 4.56. The molecule has 2 atom stereocenters. The zero-order chi connectivity index (χ0) is 11.7. The highest BCUT2D eigenvalue weighted by atomic mass is 35.5. The molecule has 90 valence electrons. The summed E-state index contributed by atoms with van der Waals surface area (Å²) in [6.45, 7) is 5.03. The van der Waals surface area contributed by atoms with E-state index in [1.54, 1.807) is 10.9 Å². The monoisotopic (exact) mass is 243 g/mol. The van der Waals surface area contributed by atoms with Crippen molar-refractivity contribution in [2.75, 3.05) is 6.54 Å². The minimum absolute atomic E-state index is 0.103. The molecule has 16 heavy (non-hydrogen) atoms. The topological polar surface area (TPSA) is 50.1 Å². The third kappa shape index (κ3) is 2.10. The highest BCUT2D eigenvalue weighted by Gasteiger charge is 2.29. The van der Waals surface area contributed by atoms with Gasteiger partial charge in [-0.05, 0) is 33.2 Å². The normalized spacial score (nSPS) is 22.9. The molecule has 1 aliphatic rings. The fourth-order valence-corrected chi connectivity index (χ4v) is 2.45. The third-order valence-corrected chi connectivity index (χ3v) is 3.33. The number of rotatable bonds is 3. The van der Waals surface area contributed by atoms with Crippen molar-refractivity contribution >= 4 is 11.6 Å². The Hall–Kier alpha value is -0.580. The van der Waals surface area contributed by atoms with E-state index in [0.29, 0.717) is 5.02 Å². The number of aromatic nitrogens is 2. The molecule has 0 aliphatic carbocycles. The first kappa shape index (κ1) is 11.9. The molecule has 2 rings (SSSR count). The van der Waals surface area contributed by atoms with E-state index in [9.17, 15) is 5.11 Å². The molecule has 0 bridgehead atoms. The summed E-state index contributed by atoms with van der Waals surface area (Å²) in [6, 6.07) is 0.310. The Morgan fingerprint density at radius 2 is 2.38 bits per heavy atom. The Balaban J connectivity index is 2.27. The predicted molar refractivity (Wildman–Crippen MR) is 63.6 cm³/mol. The maximum Gasteiger partial charge on any atom is 0.112 e. The second kappa shape index (κ2) is 4.73. The molecule has 5 heteroatoms. The Morgan fingerprint density at radius 3 is 2.94 bits per heavy atom. The molecule has 0 saturated carbocycles. The van der Waals surface area contributed by atoms with Gasteiger partial charge in [0.05, 0.1) is 16.9 Å². The lowest BCUT2D eigenvalue weighted by Gasteiger charge is -2.21. The third-order valence-electron chi connectivity index (χ3n) is 3.04. The standard InChI is InChI=1S/C11H18ClN3O/c1-7(2)15-10(8(12)6-14-15)11(16)9-4-3-5-13-9/h6-7,9,11,13,16H,3-5H2,1-2H3. The minimum Gasteiger partial charge on any atom is -0.385 e. The van der Waals surface area contributed by atoms with Gasteiger partial charge in [0, 0.05) is 12.1 Å². The van der Waals surface area contributed by atoms with Gasteiger partial charge in [-0.2, -0.15) is 5.10 Å². The van der Waals surface area contributed by atoms with Gasteiger partial charge in [0.1, 0.15) is 6.10 Å². The highest BCUT2D eigenvalue weighted by Crippen LogP contribution is 2.30. The molecular formula is C11H18ClN3O. The van der Waals surface area contributed by atoms with Crippen molar-refractivity contribution in [2.45, 2.75) is 44.9 Å². The van der Waals surface area contributed by atoms with Crippen LogP contribution in [0.15, 0.2) is 6.20 Å². The molecule has 1 saturated heterocycles. The van der Waals surface area contributed by atoms with Crippen LogP contribution in [0, 0.1) is 0 Å². The number of hydrogen-bond donors (Lipinski definition) is 2. The number of aliphatic hydroxyl groups excluding tert-OH is 1. The van der Waals surface area contributed by atoms with E-state index < -0.39 is 6.10 Å². The molecule has 0 amide bonds. The van der Waals surface area contributed by atoms with Crippen molar-refractivity contribution in [1.29, 1.82) is 0 Å². The zero-order valence-electron chi connectivity index (χ0n) is 9.65. The second-order valence-corrected chi connectivity index (χ2v) is 4.97. The van der Waals surface area contributed by atoms with Crippen molar-refractivity contribution in [3.63, 3.8) is 0 Å². The van der Waals surface area contributed by atoms with Crippen LogP contribution in [0.3, 0.4) is 0 Å². The van der Waals surface area contributed by atoms with Crippen LogP contribution in [0.2, 0.25) is 5.02 Å². The first-order valence-electron chi connectivity index (χ1n) is 5.75. The van der Waals surface area contributed by atoms with Crippen molar-refractivity contribution in [3.05, 3.63) is 16.9 Å². The molecule has 1 aliphatic heterocycles. The first-order chi connectivity index (χ1) is 7.61. The first-order valence-corrected chi connectivity index (χ1v) is 6.13. The molecule has 4 nitrogen and oxygen atoms in total. The quantitative estimate of drug-likeness (QED) is 0.853. The maximum absolute atomic E-state index is 10.3. The lowest BCUT2D eigenvalue weighted by atomic mass is 10.1. The van der Waals surface area contributed by atoms with Crippen LogP contribution in [0.1, 0.15) is 44.5 Å². The summed E-state index contributed by atoms with van der Waals surface area (Å²) >= 11 is 6.09. The van der Waals surface area contributed by atoms with Gasteiger partial charge in [-0.15, -0.1) is 0 Å². The molecule has 0 radical (unpaired) electrons. The molecule has 1 aromatic rings. The van der Waals surface area contributed by atoms with Gasteiger partial charge in [0.2, 0.25) is 0 Å². The molecular weight excluding hydrogens is 226 g/mol. The van der Waals surface area contributed by atoms with Gasteiger partial charge in [-0.1, -0.05) is 11.6 Å². The molecule has 2 N–H and O–H groups in total. The van der Waals surface area contributed by atoms with Crippen LogP contribution < -0.4 is 5.32 Å². The van der Waals surface area contributed by atoms with Crippen molar-refractivity contribution < 1.29 is 5.11 Å². The van der Waals surface area contributed by atoms with Crippen LogP contribution in [0.25, 0.3) is 0 Å². The van der Waals surface area contributed by atoms with E-state index in [2.05, 4.69) is 10.4 Å². The molecule has 1 aromatic heterocycles. The number of hydrogen-bond acceptors (Lipinski definition) is 3. The van der Waals surface area contributed by atoms with E-state index in [4.69, 9.17) is 11.6 Å². The lowest BCUT2D eigenvalue weighted by molar-refractivity contribution is 0.126. The average molecular weight is 244 g/mol. The molecule has 0 aromatic carbocycles. The maximum atomic E-state index is 10.3. The van der Waals surface area contributed by atoms with Gasteiger partial charge >= 0.3 is 0 Å². The zero-order valence-corrected chi connectivity index (χ0v) is 10.4. The number of nitrogens with one attached hydrogen (secondary N) is 1. The predicted octanol–water partition coefficient (Wildman–Crippen LogP) is 1.90. The summed E-state index contributed by atoms with van der Waals surface area (Å²) in [5.41, 5.74) is 0.732. The van der Waals surface area contributed by atoms with E-state index in [-0.39, 0.29) is 12.1 Å². The summed E-state index contributed by atoms with van der Waals surface area (Å²) in [7, 11) is 0. The van der Waals surface area contributed by atoms with Crippen LogP contribution >= 0.6 is 11.6 Å². The molecule has 2 heterocycles. The fourth-order valence-electron chi connectivity index (χ4n) is 2.21. The van der Waals surface area contributed by atoms with Crippen molar-refractivity contribution in [3.8, 4) is 0 Å². The van der Waals surface area contributed by atoms with Crippen LogP contribution in [0.4, 0.5) is 0 Å². The Bertz CT molecular complexity index is 358. The van der Waals surface area contributed by atoms with E-state index in [1.807, 2.05) is 13.8 Å². The fraction of sp³-hybridized carbons (Fsp3) is 0.727. The van der Waals surface area contributed by atoms with Gasteiger partial charge in [0.15, 0.2) is 0 Å². The summed E-state index contributed by atoms with van der Waals surface area (Å²) in [6.07, 6.45) is 3.13. The summed E-state index contributed by atoms with van der Waals surface area (Å²) in [4.78, 5) is 0. The van der Waals surface area contributed by atoms with Crippen molar-refractivity contribution in [2.24, 2.45) is 0 Å². The van der Waals surface area contributed by atoms with Crippen LogP contribution in [0.5, 0.6) is 0 Å². The van der Waals surface area contributed by atoms with E-state index >= 15 is 0 Å². The number of aliphatic hydroxyl groups is 1. The average Bonchev–Trinajstić information content (AvgIpc) is 2.84. The SMILES string of the molecule is CC(C)n1ncc(Cl)c1C(O)C1CCCN1. The Morgan fingerprint density at radius 1 is 1.62 bits per heavy atom. The molecule has 1 fully saturated rings. The minimum atomic E-state index is -0.570. The molecule has 0 spiro atoms. The van der Waals surface area contributed by atoms with Gasteiger partial charge in [0.25, 0.3) is 0 Å². The van der Waals surface area contributed by atoms with E-state index in [0.717, 1.165) is 25.1 Å². The largest absolute Gasteiger partial charge is 0.385 e. The number of halogens is 1. The summed E-state index contributed by atoms with van der Waals surface area (Å²) in [5, 5.41) is 18.4. The summed E-state index contributed by atoms with van der Waals surface area (Å²) < 4.78 is 1.80. The van der Waals surface area contributed by atoms with Gasteiger partial charge in [-0.25, -0.2) is 0 Å². The number of nitrogens with zero attached hydrogens (tertiary/aromatic N) is 2. The lowest BCUT2D eigenvalue weighted by Crippen LogP contribution is -2.30. The van der Waals surface area contributed by atoms with Crippen LogP contribution in [-0.4, -0.2) is 27.5 Å². The van der Waals surface area contributed by atoms with Gasteiger partial charge in [-0.3, -0.25) is 4.68 Å². The van der Waals surface area contributed by atoms with Crippen molar-refractivity contribution in [1.82, 2.24) is 15.1 Å². The smallest absolute Gasteiger partial charge is 0.112 e. The van der Waals surface area contributed by atoms with E-state index in [1.165, 1.54) is 0 Å². The highest BCUT2D eigenvalue weighted by molar-refractivity contribution is 6.31. The molecule has 2 unspecified atom stereocenters. The Labute approximate surface area is 101 Å². The van der Waals surface area contributed by atoms with Gasteiger partial charge < -0.3 is 10.4 Å². The Kier molecular flexibility index (Phi) is 3.52.